The quantitative estimate of drug-likeness (QED) is 0.433. The van der Waals surface area contributed by atoms with Crippen LogP contribution in [-0.2, 0) is 6.42 Å². The minimum absolute atomic E-state index is 0.141. The van der Waals surface area contributed by atoms with E-state index in [1.165, 1.54) is 21.7 Å². The van der Waals surface area contributed by atoms with Crippen LogP contribution in [0.1, 0.15) is 84.5 Å². The van der Waals surface area contributed by atoms with Crippen molar-refractivity contribution in [1.29, 1.82) is 5.26 Å². The van der Waals surface area contributed by atoms with E-state index >= 15 is 0 Å². The van der Waals surface area contributed by atoms with Gasteiger partial charge in [0, 0.05) is 31.6 Å². The first-order valence-corrected chi connectivity index (χ1v) is 13.1. The summed E-state index contributed by atoms with van der Waals surface area (Å²) in [7, 11) is 0. The fourth-order valence-electron chi connectivity index (χ4n) is 5.02. The van der Waals surface area contributed by atoms with Gasteiger partial charge in [0.2, 0.25) is 5.88 Å². The summed E-state index contributed by atoms with van der Waals surface area (Å²) in [6.45, 7) is 4.33. The zero-order valence-corrected chi connectivity index (χ0v) is 22.1. The third-order valence-electron chi connectivity index (χ3n) is 6.93. The normalized spacial score (nSPS) is 15.9. The van der Waals surface area contributed by atoms with E-state index in [2.05, 4.69) is 16.0 Å². The lowest BCUT2D eigenvalue weighted by molar-refractivity contribution is 0.0783. The molecule has 0 aliphatic carbocycles. The standard InChI is InChI=1S/C28H29ClFN5O3/c1-3-5-9-23-33-26(36)24(28(38)35(23)22(4-2)18-8-6-7-17(12-18)14-31)27(37)34-11-10-19(16-34)25-21(30)13-20(29)15-32-25/h6-8,12-13,15,19,22,36H,3-5,9-11,16H2,1-2H3. The predicted molar refractivity (Wildman–Crippen MR) is 141 cm³/mol. The number of benzene rings is 1. The van der Waals surface area contributed by atoms with Gasteiger partial charge < -0.3 is 10.0 Å². The molecule has 3 heterocycles. The van der Waals surface area contributed by atoms with E-state index in [0.29, 0.717) is 30.7 Å². The molecule has 2 aromatic heterocycles. The topological polar surface area (TPSA) is 112 Å². The SMILES string of the molecule is CCCCc1nc(O)c(C(=O)N2CCC(c3ncc(Cl)cc3F)C2)c(=O)n1C(CC)c1cccc(C#N)c1. The van der Waals surface area contributed by atoms with Crippen molar-refractivity contribution in [3.05, 3.63) is 85.9 Å². The number of nitrogens with zero attached hydrogens (tertiary/aromatic N) is 5. The van der Waals surface area contributed by atoms with Crippen molar-refractivity contribution in [2.24, 2.45) is 0 Å². The van der Waals surface area contributed by atoms with Gasteiger partial charge >= 0.3 is 0 Å². The molecule has 1 aromatic carbocycles. The molecule has 38 heavy (non-hydrogen) atoms. The van der Waals surface area contributed by atoms with Gasteiger partial charge in [-0.25, -0.2) is 4.39 Å². The summed E-state index contributed by atoms with van der Waals surface area (Å²) in [5.74, 6) is -1.80. The highest BCUT2D eigenvalue weighted by Crippen LogP contribution is 2.31. The molecule has 1 aliphatic rings. The van der Waals surface area contributed by atoms with Gasteiger partial charge in [-0.2, -0.15) is 10.2 Å². The molecule has 1 N–H and O–H groups in total. The first-order valence-electron chi connectivity index (χ1n) is 12.7. The molecule has 0 saturated carbocycles. The van der Waals surface area contributed by atoms with Gasteiger partial charge in [-0.1, -0.05) is 44.0 Å². The lowest BCUT2D eigenvalue weighted by Gasteiger charge is -2.24. The lowest BCUT2D eigenvalue weighted by Crippen LogP contribution is -2.38. The Balaban J connectivity index is 1.74. The third kappa shape index (κ3) is 5.41. The van der Waals surface area contributed by atoms with E-state index in [-0.39, 0.29) is 29.7 Å². The first kappa shape index (κ1) is 27.3. The average molecular weight is 538 g/mol. The number of unbranched alkanes of at least 4 members (excludes halogenated alkanes) is 1. The van der Waals surface area contributed by atoms with E-state index in [9.17, 15) is 24.3 Å². The Morgan fingerprint density at radius 2 is 2.13 bits per heavy atom. The molecule has 1 fully saturated rings. The number of hydrogen-bond acceptors (Lipinski definition) is 6. The second-order valence-electron chi connectivity index (χ2n) is 9.42. The first-order chi connectivity index (χ1) is 18.3. The second kappa shape index (κ2) is 11.7. The Labute approximate surface area is 225 Å². The van der Waals surface area contributed by atoms with Crippen LogP contribution in [-0.4, -0.2) is 43.5 Å². The van der Waals surface area contributed by atoms with Crippen LogP contribution in [0, 0.1) is 17.1 Å². The molecule has 0 radical (unpaired) electrons. The Morgan fingerprint density at radius 1 is 1.34 bits per heavy atom. The number of pyridine rings is 1. The van der Waals surface area contributed by atoms with Crippen LogP contribution in [0.2, 0.25) is 5.02 Å². The van der Waals surface area contributed by atoms with Crippen molar-refractivity contribution >= 4 is 17.5 Å². The smallest absolute Gasteiger partial charge is 0.270 e. The minimum atomic E-state index is -0.659. The van der Waals surface area contributed by atoms with Crippen LogP contribution in [0.4, 0.5) is 4.39 Å². The molecule has 10 heteroatoms. The van der Waals surface area contributed by atoms with Crippen LogP contribution >= 0.6 is 11.6 Å². The van der Waals surface area contributed by atoms with Crippen LogP contribution in [0.25, 0.3) is 0 Å². The Hall–Kier alpha value is -3.77. The monoisotopic (exact) mass is 537 g/mol. The fraction of sp³-hybridized carbons (Fsp3) is 0.393. The molecular weight excluding hydrogens is 509 g/mol. The lowest BCUT2D eigenvalue weighted by atomic mass is 10.0. The Bertz CT molecular complexity index is 1450. The molecule has 4 rings (SSSR count). The number of rotatable bonds is 8. The number of aromatic hydroxyl groups is 1. The summed E-state index contributed by atoms with van der Waals surface area (Å²) >= 11 is 5.82. The largest absolute Gasteiger partial charge is 0.493 e. The molecule has 0 spiro atoms. The summed E-state index contributed by atoms with van der Waals surface area (Å²) < 4.78 is 15.9. The maximum atomic E-state index is 14.5. The maximum Gasteiger partial charge on any atom is 0.270 e. The van der Waals surface area contributed by atoms with E-state index < -0.39 is 34.8 Å². The highest BCUT2D eigenvalue weighted by molar-refractivity contribution is 6.30. The van der Waals surface area contributed by atoms with Crippen molar-refractivity contribution in [2.45, 2.75) is 57.9 Å². The number of carbonyl (C=O) groups excluding carboxylic acids is 1. The molecular formula is C28H29ClFN5O3. The predicted octanol–water partition coefficient (Wildman–Crippen LogP) is 4.98. The number of carbonyl (C=O) groups is 1. The van der Waals surface area contributed by atoms with Gasteiger partial charge in [0.1, 0.15) is 11.6 Å². The number of aryl methyl sites for hydroxylation is 1. The van der Waals surface area contributed by atoms with E-state index in [0.717, 1.165) is 18.4 Å². The van der Waals surface area contributed by atoms with Gasteiger partial charge in [-0.3, -0.25) is 19.1 Å². The summed E-state index contributed by atoms with van der Waals surface area (Å²) in [6.07, 6.45) is 4.34. The average Bonchev–Trinajstić information content (AvgIpc) is 3.39. The van der Waals surface area contributed by atoms with E-state index in [4.69, 9.17) is 11.6 Å². The third-order valence-corrected chi connectivity index (χ3v) is 7.14. The summed E-state index contributed by atoms with van der Waals surface area (Å²) in [4.78, 5) is 37.3. The molecule has 2 atom stereocenters. The molecule has 1 amide bonds. The summed E-state index contributed by atoms with van der Waals surface area (Å²) in [6, 6.07) is 9.80. The van der Waals surface area contributed by atoms with Crippen molar-refractivity contribution in [3.8, 4) is 11.9 Å². The maximum absolute atomic E-state index is 14.5. The molecule has 3 aromatic rings. The number of hydrogen-bond donors (Lipinski definition) is 1. The van der Waals surface area contributed by atoms with Crippen molar-refractivity contribution in [1.82, 2.24) is 19.4 Å². The van der Waals surface area contributed by atoms with Crippen LogP contribution in [0.3, 0.4) is 0 Å². The number of aromatic nitrogens is 3. The molecule has 8 nitrogen and oxygen atoms in total. The summed E-state index contributed by atoms with van der Waals surface area (Å²) in [5, 5.41) is 20.3. The van der Waals surface area contributed by atoms with Gasteiger partial charge in [-0.05, 0) is 43.0 Å². The van der Waals surface area contributed by atoms with E-state index in [1.807, 2.05) is 19.9 Å². The second-order valence-corrected chi connectivity index (χ2v) is 9.86. The van der Waals surface area contributed by atoms with Crippen LogP contribution in [0.5, 0.6) is 5.88 Å². The molecule has 198 valence electrons. The van der Waals surface area contributed by atoms with Gasteiger partial charge in [0.15, 0.2) is 5.56 Å². The number of halogens is 2. The van der Waals surface area contributed by atoms with Gasteiger partial charge in [0.05, 0.1) is 28.4 Å². The highest BCUT2D eigenvalue weighted by atomic mass is 35.5. The van der Waals surface area contributed by atoms with Crippen molar-refractivity contribution < 1.29 is 14.3 Å². The molecule has 0 bridgehead atoms. The number of nitriles is 1. The minimum Gasteiger partial charge on any atom is -0.493 e. The Kier molecular flexibility index (Phi) is 8.42. The number of amides is 1. The molecule has 1 saturated heterocycles. The van der Waals surface area contributed by atoms with E-state index in [1.54, 1.807) is 18.2 Å². The number of likely N-dealkylation sites (tertiary alicyclic amines) is 1. The van der Waals surface area contributed by atoms with Crippen molar-refractivity contribution in [3.63, 3.8) is 0 Å². The van der Waals surface area contributed by atoms with Gasteiger partial charge in [-0.15, -0.1) is 0 Å². The highest BCUT2D eigenvalue weighted by Gasteiger charge is 2.34. The summed E-state index contributed by atoms with van der Waals surface area (Å²) in [5.41, 5.74) is 0.358. The van der Waals surface area contributed by atoms with Crippen LogP contribution < -0.4 is 5.56 Å². The van der Waals surface area contributed by atoms with Gasteiger partial charge in [0.25, 0.3) is 11.5 Å². The van der Waals surface area contributed by atoms with Crippen LogP contribution in [0.15, 0.2) is 41.3 Å². The zero-order valence-electron chi connectivity index (χ0n) is 21.3. The Morgan fingerprint density at radius 3 is 2.82 bits per heavy atom. The van der Waals surface area contributed by atoms with Crippen molar-refractivity contribution in [2.75, 3.05) is 13.1 Å². The molecule has 2 unspecified atom stereocenters. The fourth-order valence-corrected chi connectivity index (χ4v) is 5.16. The zero-order chi connectivity index (χ0) is 27.4. The molecule has 1 aliphatic heterocycles.